The first-order valence-electron chi connectivity index (χ1n) is 5.22. The van der Waals surface area contributed by atoms with Gasteiger partial charge < -0.3 is 5.32 Å². The topological polar surface area (TPSA) is 26.1 Å². The molecule has 1 N–H and O–H groups in total. The number of benzene rings is 1. The van der Waals surface area contributed by atoms with E-state index in [4.69, 9.17) is 12.2 Å². The lowest BCUT2D eigenvalue weighted by molar-refractivity contribution is 0.621. The summed E-state index contributed by atoms with van der Waals surface area (Å²) in [6, 6.07) is 5.01. The van der Waals surface area contributed by atoms with Crippen molar-refractivity contribution in [1.82, 2.24) is 10.6 Å². The lowest BCUT2D eigenvalue weighted by atomic mass is 10.0. The number of nitrogens with zero attached hydrogens (tertiary/aromatic N) is 1. The number of thiocarbonyl (C=S) groups is 1. The molecule has 0 aromatic heterocycles. The summed E-state index contributed by atoms with van der Waals surface area (Å²) >= 11 is 4.95. The van der Waals surface area contributed by atoms with Crippen LogP contribution < -0.4 is 10.6 Å². The number of allylic oxidation sites excluding steroid dienone is 1. The Morgan fingerprint density at radius 3 is 2.88 bits per heavy atom. The molecule has 1 atom stereocenters. The van der Waals surface area contributed by atoms with E-state index in [9.17, 15) is 4.39 Å². The molecule has 0 bridgehead atoms. The van der Waals surface area contributed by atoms with Crippen molar-refractivity contribution in [2.45, 2.75) is 12.8 Å². The minimum atomic E-state index is -0.162. The highest BCUT2D eigenvalue weighted by atomic mass is 32.1. The number of rotatable bonds is 1. The SMILES string of the molecule is Fc1ccc2c(c1)CC(C1=CNC(=S)[N]1)C2. The molecule has 1 unspecified atom stereocenters. The summed E-state index contributed by atoms with van der Waals surface area (Å²) in [4.78, 5) is 0. The van der Waals surface area contributed by atoms with Crippen LogP contribution in [0.3, 0.4) is 0 Å². The van der Waals surface area contributed by atoms with E-state index in [0.29, 0.717) is 11.0 Å². The van der Waals surface area contributed by atoms with Gasteiger partial charge in [-0.15, -0.1) is 0 Å². The molecule has 2 nitrogen and oxygen atoms in total. The molecular weight excluding hydrogens is 223 g/mol. The number of halogens is 1. The summed E-state index contributed by atoms with van der Waals surface area (Å²) < 4.78 is 13.1. The van der Waals surface area contributed by atoms with Gasteiger partial charge in [0.25, 0.3) is 0 Å². The minimum Gasteiger partial charge on any atom is -0.336 e. The zero-order valence-corrected chi connectivity index (χ0v) is 9.35. The Kier molecular flexibility index (Phi) is 2.17. The monoisotopic (exact) mass is 233 g/mol. The van der Waals surface area contributed by atoms with Crippen molar-refractivity contribution in [3.05, 3.63) is 47.0 Å². The van der Waals surface area contributed by atoms with Crippen LogP contribution in [0.4, 0.5) is 4.39 Å². The summed E-state index contributed by atoms with van der Waals surface area (Å²) in [5.41, 5.74) is 3.31. The number of hydrogen-bond acceptors (Lipinski definition) is 1. The predicted molar refractivity (Wildman–Crippen MR) is 63.2 cm³/mol. The highest BCUT2D eigenvalue weighted by molar-refractivity contribution is 7.80. The Morgan fingerprint density at radius 1 is 1.31 bits per heavy atom. The van der Waals surface area contributed by atoms with E-state index in [1.54, 1.807) is 6.07 Å². The fourth-order valence-corrected chi connectivity index (χ4v) is 2.49. The van der Waals surface area contributed by atoms with E-state index in [1.807, 2.05) is 12.3 Å². The van der Waals surface area contributed by atoms with Gasteiger partial charge in [0, 0.05) is 12.1 Å². The van der Waals surface area contributed by atoms with Gasteiger partial charge >= 0.3 is 0 Å². The van der Waals surface area contributed by atoms with Crippen LogP contribution in [0.15, 0.2) is 30.1 Å². The predicted octanol–water partition coefficient (Wildman–Crippen LogP) is 1.87. The third kappa shape index (κ3) is 1.59. The second-order valence-corrected chi connectivity index (χ2v) is 4.54. The normalized spacial score (nSPS) is 22.4. The lowest BCUT2D eigenvalue weighted by Gasteiger charge is -2.07. The van der Waals surface area contributed by atoms with Crippen LogP contribution in [0.1, 0.15) is 11.1 Å². The number of fused-ring (bicyclic) bond motifs is 1. The maximum atomic E-state index is 13.1. The van der Waals surface area contributed by atoms with Crippen molar-refractivity contribution >= 4 is 17.3 Å². The first-order valence-corrected chi connectivity index (χ1v) is 5.63. The third-order valence-electron chi connectivity index (χ3n) is 3.09. The van der Waals surface area contributed by atoms with Crippen molar-refractivity contribution < 1.29 is 4.39 Å². The quantitative estimate of drug-likeness (QED) is 0.749. The largest absolute Gasteiger partial charge is 0.336 e. The van der Waals surface area contributed by atoms with E-state index in [1.165, 1.54) is 11.6 Å². The Hall–Kier alpha value is -1.42. The molecular formula is C12H10FN2S. The molecule has 0 saturated carbocycles. The molecule has 81 valence electrons. The lowest BCUT2D eigenvalue weighted by Crippen LogP contribution is -2.18. The van der Waals surface area contributed by atoms with Crippen LogP contribution in [0, 0.1) is 11.7 Å². The summed E-state index contributed by atoms with van der Waals surface area (Å²) in [7, 11) is 0. The molecule has 4 heteroatoms. The van der Waals surface area contributed by atoms with Crippen molar-refractivity contribution in [2.75, 3.05) is 0 Å². The van der Waals surface area contributed by atoms with Crippen molar-refractivity contribution in [1.29, 1.82) is 0 Å². The van der Waals surface area contributed by atoms with Gasteiger partial charge in [-0.25, -0.2) is 9.71 Å². The summed E-state index contributed by atoms with van der Waals surface area (Å²) in [5, 5.41) is 7.70. The number of nitrogens with one attached hydrogen (secondary N) is 1. The van der Waals surface area contributed by atoms with Crippen LogP contribution in [0.25, 0.3) is 0 Å². The van der Waals surface area contributed by atoms with Crippen LogP contribution in [0.2, 0.25) is 0 Å². The fraction of sp³-hybridized carbons (Fsp3) is 0.250. The van der Waals surface area contributed by atoms with Gasteiger partial charge in [-0.2, -0.15) is 0 Å². The van der Waals surface area contributed by atoms with E-state index < -0.39 is 0 Å². The van der Waals surface area contributed by atoms with E-state index >= 15 is 0 Å². The van der Waals surface area contributed by atoms with Crippen LogP contribution in [-0.4, -0.2) is 5.11 Å². The molecule has 1 heterocycles. The zero-order valence-electron chi connectivity index (χ0n) is 8.53. The second-order valence-electron chi connectivity index (χ2n) is 4.15. The van der Waals surface area contributed by atoms with Gasteiger partial charge in [-0.3, -0.25) is 0 Å². The molecule has 0 fully saturated rings. The van der Waals surface area contributed by atoms with Gasteiger partial charge in [-0.1, -0.05) is 6.07 Å². The molecule has 1 radical (unpaired) electrons. The van der Waals surface area contributed by atoms with Gasteiger partial charge in [0.05, 0.1) is 5.70 Å². The molecule has 1 aromatic carbocycles. The fourth-order valence-electron chi connectivity index (χ4n) is 2.32. The van der Waals surface area contributed by atoms with Gasteiger partial charge in [-0.05, 0) is 48.3 Å². The molecule has 0 spiro atoms. The molecule has 3 rings (SSSR count). The average Bonchev–Trinajstić information content (AvgIpc) is 2.83. The summed E-state index contributed by atoms with van der Waals surface area (Å²) in [5.74, 6) is 0.176. The van der Waals surface area contributed by atoms with Gasteiger partial charge in [0.1, 0.15) is 5.82 Å². The average molecular weight is 233 g/mol. The van der Waals surface area contributed by atoms with Crippen LogP contribution in [-0.2, 0) is 12.8 Å². The second kappa shape index (κ2) is 3.56. The standard InChI is InChI=1S/C12H10FN2S/c13-10-2-1-7-3-9(4-8(7)5-10)11-6-14-12(16)15-11/h1-2,5-6,9H,3-4H2,(H,14,16). The first kappa shape index (κ1) is 9.78. The minimum absolute atomic E-state index is 0.162. The maximum Gasteiger partial charge on any atom is 0.197 e. The van der Waals surface area contributed by atoms with Crippen molar-refractivity contribution in [3.63, 3.8) is 0 Å². The molecule has 2 aliphatic rings. The molecule has 16 heavy (non-hydrogen) atoms. The van der Waals surface area contributed by atoms with Crippen LogP contribution >= 0.6 is 12.2 Å². The van der Waals surface area contributed by atoms with Gasteiger partial charge in [0.15, 0.2) is 5.11 Å². The van der Waals surface area contributed by atoms with E-state index in [0.717, 1.165) is 24.1 Å². The third-order valence-corrected chi connectivity index (χ3v) is 3.30. The molecule has 1 aromatic rings. The Morgan fingerprint density at radius 2 is 2.12 bits per heavy atom. The smallest absolute Gasteiger partial charge is 0.197 e. The van der Waals surface area contributed by atoms with Gasteiger partial charge in [0.2, 0.25) is 0 Å². The Labute approximate surface area is 98.5 Å². The summed E-state index contributed by atoms with van der Waals surface area (Å²) in [6.45, 7) is 0. The van der Waals surface area contributed by atoms with E-state index in [-0.39, 0.29) is 5.82 Å². The summed E-state index contributed by atoms with van der Waals surface area (Å²) in [6.07, 6.45) is 3.64. The first-order chi connectivity index (χ1) is 7.72. The Balaban J connectivity index is 1.83. The number of hydrogen-bond donors (Lipinski definition) is 1. The van der Waals surface area contributed by atoms with Crippen molar-refractivity contribution in [3.8, 4) is 0 Å². The van der Waals surface area contributed by atoms with Crippen LogP contribution in [0.5, 0.6) is 0 Å². The maximum absolute atomic E-state index is 13.1. The zero-order chi connectivity index (χ0) is 11.1. The molecule has 1 aliphatic heterocycles. The van der Waals surface area contributed by atoms with E-state index in [2.05, 4.69) is 10.6 Å². The molecule has 0 saturated heterocycles. The molecule has 1 aliphatic carbocycles. The Bertz CT molecular complexity index is 496. The highest BCUT2D eigenvalue weighted by Crippen LogP contribution is 2.31. The molecule has 0 amide bonds. The highest BCUT2D eigenvalue weighted by Gasteiger charge is 2.28. The van der Waals surface area contributed by atoms with Crippen molar-refractivity contribution in [2.24, 2.45) is 5.92 Å².